The Kier molecular flexibility index (Phi) is 3.85. The number of piperazine rings is 1. The van der Waals surface area contributed by atoms with Gasteiger partial charge in [0.2, 0.25) is 0 Å². The molecule has 3 saturated heterocycles. The van der Waals surface area contributed by atoms with E-state index < -0.39 is 0 Å². The minimum atomic E-state index is 0.646. The summed E-state index contributed by atoms with van der Waals surface area (Å²) < 4.78 is 1.14. The van der Waals surface area contributed by atoms with Crippen molar-refractivity contribution >= 4 is 21.7 Å². The average molecular weight is 373 g/mol. The second-order valence-electron chi connectivity index (χ2n) is 6.66. The SMILES string of the molecule is Cc1cc(N2CC3CC(C2)N3Cc2ccc(Br)cc2)nc(C)n1. The Morgan fingerprint density at radius 3 is 2.43 bits per heavy atom. The van der Waals surface area contributed by atoms with Crippen molar-refractivity contribution in [2.24, 2.45) is 0 Å². The van der Waals surface area contributed by atoms with E-state index in [1.165, 1.54) is 12.0 Å². The van der Waals surface area contributed by atoms with Gasteiger partial charge in [0.25, 0.3) is 0 Å². The summed E-state index contributed by atoms with van der Waals surface area (Å²) in [5, 5.41) is 0. The van der Waals surface area contributed by atoms with Crippen LogP contribution in [-0.2, 0) is 6.54 Å². The number of benzene rings is 1. The number of aryl methyl sites for hydroxylation is 2. The van der Waals surface area contributed by atoms with E-state index >= 15 is 0 Å². The van der Waals surface area contributed by atoms with Crippen LogP contribution in [0.2, 0.25) is 0 Å². The van der Waals surface area contributed by atoms with Crippen LogP contribution in [0.4, 0.5) is 5.82 Å². The van der Waals surface area contributed by atoms with Crippen LogP contribution < -0.4 is 4.90 Å². The summed E-state index contributed by atoms with van der Waals surface area (Å²) in [5.74, 6) is 1.96. The van der Waals surface area contributed by atoms with Crippen LogP contribution >= 0.6 is 15.9 Å². The Balaban J connectivity index is 1.44. The maximum absolute atomic E-state index is 4.62. The molecule has 2 bridgehead atoms. The predicted octanol–water partition coefficient (Wildman–Crippen LogP) is 3.32. The molecule has 0 N–H and O–H groups in total. The first-order chi connectivity index (χ1) is 11.1. The van der Waals surface area contributed by atoms with Crippen molar-refractivity contribution in [2.75, 3.05) is 18.0 Å². The molecule has 5 rings (SSSR count). The van der Waals surface area contributed by atoms with Gasteiger partial charge in [-0.2, -0.15) is 0 Å². The Labute approximate surface area is 145 Å². The number of fused-ring (bicyclic) bond motifs is 2. The summed E-state index contributed by atoms with van der Waals surface area (Å²) in [7, 11) is 0. The van der Waals surface area contributed by atoms with Gasteiger partial charge in [-0.05, 0) is 38.0 Å². The molecule has 2 atom stereocenters. The Hall–Kier alpha value is -1.46. The summed E-state index contributed by atoms with van der Waals surface area (Å²) in [6.07, 6.45) is 1.32. The second kappa shape index (κ2) is 5.87. The third-order valence-corrected chi connectivity index (χ3v) is 5.43. The topological polar surface area (TPSA) is 32.3 Å². The highest BCUT2D eigenvalue weighted by molar-refractivity contribution is 9.10. The summed E-state index contributed by atoms with van der Waals surface area (Å²) >= 11 is 3.50. The highest BCUT2D eigenvalue weighted by Crippen LogP contribution is 2.35. The van der Waals surface area contributed by atoms with Crippen LogP contribution in [-0.4, -0.2) is 40.0 Å². The molecule has 120 valence electrons. The van der Waals surface area contributed by atoms with E-state index in [1.54, 1.807) is 0 Å². The van der Waals surface area contributed by atoms with Crippen LogP contribution in [0.25, 0.3) is 0 Å². The lowest BCUT2D eigenvalue weighted by Gasteiger charge is -2.56. The number of halogens is 1. The molecule has 4 heterocycles. The maximum Gasteiger partial charge on any atom is 0.132 e. The van der Waals surface area contributed by atoms with Crippen LogP contribution in [0, 0.1) is 13.8 Å². The number of aromatic nitrogens is 2. The number of anilines is 1. The molecule has 3 fully saturated rings. The first-order valence-corrected chi connectivity index (χ1v) is 8.95. The molecule has 3 aliphatic heterocycles. The standard InChI is InChI=1S/C18H21BrN4/c1-12-7-18(21-13(2)20-12)22-10-16-8-17(11-22)23(16)9-14-3-5-15(19)6-4-14/h3-7,16-17H,8-11H2,1-2H3. The van der Waals surface area contributed by atoms with Crippen molar-refractivity contribution in [3.8, 4) is 0 Å². The molecule has 23 heavy (non-hydrogen) atoms. The van der Waals surface area contributed by atoms with Crippen molar-refractivity contribution < 1.29 is 0 Å². The predicted molar refractivity (Wildman–Crippen MR) is 95.6 cm³/mol. The molecular weight excluding hydrogens is 352 g/mol. The Morgan fingerprint density at radius 1 is 1.09 bits per heavy atom. The van der Waals surface area contributed by atoms with Gasteiger partial charge in [0.15, 0.2) is 0 Å². The first kappa shape index (κ1) is 15.1. The van der Waals surface area contributed by atoms with E-state index in [9.17, 15) is 0 Å². The van der Waals surface area contributed by atoms with Crippen molar-refractivity contribution in [1.29, 1.82) is 0 Å². The molecule has 0 amide bonds. The molecule has 0 radical (unpaired) electrons. The third-order valence-electron chi connectivity index (χ3n) is 4.90. The molecule has 2 aromatic rings. The van der Waals surface area contributed by atoms with E-state index in [0.717, 1.165) is 41.4 Å². The van der Waals surface area contributed by atoms with Gasteiger partial charge < -0.3 is 4.90 Å². The van der Waals surface area contributed by atoms with E-state index in [0.29, 0.717) is 12.1 Å². The van der Waals surface area contributed by atoms with Gasteiger partial charge >= 0.3 is 0 Å². The first-order valence-electron chi connectivity index (χ1n) is 8.16. The van der Waals surface area contributed by atoms with Crippen molar-refractivity contribution in [3.05, 3.63) is 51.9 Å². The molecule has 1 aromatic heterocycles. The van der Waals surface area contributed by atoms with Gasteiger partial charge in [0, 0.05) is 48.0 Å². The summed E-state index contributed by atoms with van der Waals surface area (Å²) in [6, 6.07) is 12.1. The smallest absolute Gasteiger partial charge is 0.132 e. The average Bonchev–Trinajstić information content (AvgIpc) is 2.53. The van der Waals surface area contributed by atoms with Crippen molar-refractivity contribution in [1.82, 2.24) is 14.9 Å². The van der Waals surface area contributed by atoms with E-state index in [4.69, 9.17) is 0 Å². The summed E-state index contributed by atoms with van der Waals surface area (Å²) in [5.41, 5.74) is 2.45. The molecule has 0 saturated carbocycles. The number of hydrogen-bond acceptors (Lipinski definition) is 4. The number of nitrogens with zero attached hydrogens (tertiary/aromatic N) is 4. The summed E-state index contributed by atoms with van der Waals surface area (Å²) in [6.45, 7) is 7.22. The normalized spacial score (nSPS) is 23.7. The summed E-state index contributed by atoms with van der Waals surface area (Å²) in [4.78, 5) is 14.1. The number of rotatable bonds is 3. The lowest BCUT2D eigenvalue weighted by Crippen LogP contribution is -2.68. The molecule has 0 aliphatic carbocycles. The van der Waals surface area contributed by atoms with Gasteiger partial charge in [-0.1, -0.05) is 28.1 Å². The largest absolute Gasteiger partial charge is 0.353 e. The molecule has 5 heteroatoms. The van der Waals surface area contributed by atoms with Crippen molar-refractivity contribution in [2.45, 2.75) is 38.9 Å². The minimum Gasteiger partial charge on any atom is -0.353 e. The highest BCUT2D eigenvalue weighted by Gasteiger charge is 2.44. The lowest BCUT2D eigenvalue weighted by atomic mass is 9.86. The van der Waals surface area contributed by atoms with Gasteiger partial charge in [0.05, 0.1) is 0 Å². The zero-order chi connectivity index (χ0) is 16.0. The maximum atomic E-state index is 4.62. The highest BCUT2D eigenvalue weighted by atomic mass is 79.9. The van der Waals surface area contributed by atoms with Gasteiger partial charge in [-0.15, -0.1) is 0 Å². The van der Waals surface area contributed by atoms with Gasteiger partial charge in [-0.25, -0.2) is 9.97 Å². The zero-order valence-corrected chi connectivity index (χ0v) is 15.1. The fraction of sp³-hybridized carbons (Fsp3) is 0.444. The second-order valence-corrected chi connectivity index (χ2v) is 7.58. The molecular formula is C18H21BrN4. The fourth-order valence-corrected chi connectivity index (χ4v) is 4.06. The Bertz CT molecular complexity index is 683. The van der Waals surface area contributed by atoms with Crippen LogP contribution in [0.5, 0.6) is 0 Å². The zero-order valence-electron chi connectivity index (χ0n) is 13.5. The lowest BCUT2D eigenvalue weighted by molar-refractivity contribution is -0.00870. The molecule has 4 nitrogen and oxygen atoms in total. The monoisotopic (exact) mass is 372 g/mol. The molecule has 1 aromatic carbocycles. The molecule has 3 aliphatic rings. The van der Waals surface area contributed by atoms with E-state index in [2.05, 4.69) is 66.0 Å². The van der Waals surface area contributed by atoms with Crippen LogP contribution in [0.1, 0.15) is 23.5 Å². The van der Waals surface area contributed by atoms with E-state index in [1.807, 2.05) is 13.8 Å². The van der Waals surface area contributed by atoms with Gasteiger partial charge in [-0.3, -0.25) is 4.90 Å². The minimum absolute atomic E-state index is 0.646. The Morgan fingerprint density at radius 2 is 1.78 bits per heavy atom. The number of piperidine rings is 1. The van der Waals surface area contributed by atoms with Crippen LogP contribution in [0.3, 0.4) is 0 Å². The third kappa shape index (κ3) is 3.00. The van der Waals surface area contributed by atoms with Crippen LogP contribution in [0.15, 0.2) is 34.8 Å². The van der Waals surface area contributed by atoms with Crippen molar-refractivity contribution in [3.63, 3.8) is 0 Å². The molecule has 0 spiro atoms. The molecule has 2 unspecified atom stereocenters. The van der Waals surface area contributed by atoms with E-state index in [-0.39, 0.29) is 0 Å². The van der Waals surface area contributed by atoms with Gasteiger partial charge in [0.1, 0.15) is 11.6 Å². The number of hydrogen-bond donors (Lipinski definition) is 0. The fourth-order valence-electron chi connectivity index (χ4n) is 3.79. The quantitative estimate of drug-likeness (QED) is 0.826.